The molecule has 0 saturated heterocycles. The van der Waals surface area contributed by atoms with E-state index in [-0.39, 0.29) is 11.9 Å². The number of quaternary nitrogens is 1. The first kappa shape index (κ1) is 16.5. The summed E-state index contributed by atoms with van der Waals surface area (Å²) >= 11 is 3.57. The molecule has 3 N–H and O–H groups in total. The van der Waals surface area contributed by atoms with E-state index in [2.05, 4.69) is 46.5 Å². The van der Waals surface area contributed by atoms with Crippen LogP contribution >= 0.6 is 15.9 Å². The molecule has 1 amide bonds. The van der Waals surface area contributed by atoms with Crippen LogP contribution in [0.1, 0.15) is 51.1 Å². The van der Waals surface area contributed by atoms with Crippen LogP contribution in [0.25, 0.3) is 0 Å². The molecule has 4 heteroatoms. The highest BCUT2D eigenvalue weighted by atomic mass is 79.9. The summed E-state index contributed by atoms with van der Waals surface area (Å²) < 4.78 is 1.11. The Bertz CT molecular complexity index is 478. The molecule has 2 rings (SSSR count). The maximum atomic E-state index is 12.1. The molecule has 1 fully saturated rings. The summed E-state index contributed by atoms with van der Waals surface area (Å²) in [5, 5.41) is 5.31. The minimum absolute atomic E-state index is 0.160. The maximum absolute atomic E-state index is 12.1. The van der Waals surface area contributed by atoms with Crippen molar-refractivity contribution in [3.8, 4) is 0 Å². The number of nitrogens with two attached hydrogens (primary N) is 1. The zero-order valence-corrected chi connectivity index (χ0v) is 14.5. The fourth-order valence-electron chi connectivity index (χ4n) is 3.05. The molecule has 0 spiro atoms. The minimum atomic E-state index is 0.160. The molecule has 3 atom stereocenters. The fourth-order valence-corrected chi connectivity index (χ4v) is 3.70. The van der Waals surface area contributed by atoms with Gasteiger partial charge < -0.3 is 10.6 Å². The van der Waals surface area contributed by atoms with Crippen molar-refractivity contribution in [2.45, 2.75) is 51.6 Å². The Morgan fingerprint density at radius 2 is 2.10 bits per heavy atom. The SMILES string of the molecule is C[C@H]([NH2+]CC(=O)N[C@H]1CCCC[C@@H]1C)c1ccccc1Br. The minimum Gasteiger partial charge on any atom is -0.348 e. The lowest BCUT2D eigenvalue weighted by molar-refractivity contribution is -0.682. The highest BCUT2D eigenvalue weighted by molar-refractivity contribution is 9.10. The second-order valence-corrected chi connectivity index (χ2v) is 7.04. The summed E-state index contributed by atoms with van der Waals surface area (Å²) in [5.74, 6) is 0.774. The molecule has 0 bridgehead atoms. The van der Waals surface area contributed by atoms with Crippen molar-refractivity contribution < 1.29 is 10.1 Å². The molecular weight excluding hydrogens is 328 g/mol. The van der Waals surface area contributed by atoms with Crippen molar-refractivity contribution in [2.75, 3.05) is 6.54 Å². The van der Waals surface area contributed by atoms with Crippen LogP contribution in [0.5, 0.6) is 0 Å². The molecule has 1 saturated carbocycles. The Morgan fingerprint density at radius 3 is 2.81 bits per heavy atom. The zero-order chi connectivity index (χ0) is 15.2. The number of amides is 1. The van der Waals surface area contributed by atoms with Gasteiger partial charge in [0.2, 0.25) is 0 Å². The third kappa shape index (κ3) is 4.82. The van der Waals surface area contributed by atoms with Crippen molar-refractivity contribution in [1.82, 2.24) is 5.32 Å². The zero-order valence-electron chi connectivity index (χ0n) is 12.9. The second kappa shape index (κ2) is 7.95. The van der Waals surface area contributed by atoms with E-state index < -0.39 is 0 Å². The average Bonchev–Trinajstić information content (AvgIpc) is 2.48. The van der Waals surface area contributed by atoms with Gasteiger partial charge in [0.1, 0.15) is 6.04 Å². The van der Waals surface area contributed by atoms with E-state index in [1.807, 2.05) is 18.2 Å². The van der Waals surface area contributed by atoms with E-state index in [4.69, 9.17) is 0 Å². The van der Waals surface area contributed by atoms with Gasteiger partial charge in [-0.2, -0.15) is 0 Å². The average molecular weight is 354 g/mol. The molecule has 0 aliphatic heterocycles. The van der Waals surface area contributed by atoms with Crippen LogP contribution in [0.15, 0.2) is 28.7 Å². The highest BCUT2D eigenvalue weighted by Crippen LogP contribution is 2.23. The Morgan fingerprint density at radius 1 is 1.38 bits per heavy atom. The first-order chi connectivity index (χ1) is 10.1. The van der Waals surface area contributed by atoms with Gasteiger partial charge in [-0.1, -0.05) is 53.9 Å². The van der Waals surface area contributed by atoms with Gasteiger partial charge >= 0.3 is 0 Å². The van der Waals surface area contributed by atoms with Crippen molar-refractivity contribution in [3.63, 3.8) is 0 Å². The number of nitrogens with one attached hydrogen (secondary N) is 1. The summed E-state index contributed by atoms with van der Waals surface area (Å²) in [6, 6.07) is 8.84. The molecule has 1 aromatic rings. The van der Waals surface area contributed by atoms with Gasteiger partial charge in [0.05, 0.1) is 0 Å². The van der Waals surface area contributed by atoms with E-state index in [1.54, 1.807) is 0 Å². The van der Waals surface area contributed by atoms with Crippen LogP contribution in [0.3, 0.4) is 0 Å². The van der Waals surface area contributed by atoms with Crippen molar-refractivity contribution in [1.29, 1.82) is 0 Å². The molecule has 1 aliphatic carbocycles. The molecule has 116 valence electrons. The van der Waals surface area contributed by atoms with Crippen molar-refractivity contribution in [2.24, 2.45) is 5.92 Å². The number of hydrogen-bond donors (Lipinski definition) is 2. The summed E-state index contributed by atoms with van der Waals surface area (Å²) in [7, 11) is 0. The summed E-state index contributed by atoms with van der Waals surface area (Å²) in [5.41, 5.74) is 1.23. The summed E-state index contributed by atoms with van der Waals surface area (Å²) in [4.78, 5) is 12.1. The van der Waals surface area contributed by atoms with Gasteiger partial charge in [0.15, 0.2) is 6.54 Å². The van der Waals surface area contributed by atoms with E-state index in [1.165, 1.54) is 24.8 Å². The molecule has 0 aromatic heterocycles. The second-order valence-electron chi connectivity index (χ2n) is 6.19. The lowest BCUT2D eigenvalue weighted by Crippen LogP contribution is -2.87. The first-order valence-electron chi connectivity index (χ1n) is 7.95. The number of rotatable bonds is 5. The molecular formula is C17H26BrN2O+. The lowest BCUT2D eigenvalue weighted by atomic mass is 9.86. The highest BCUT2D eigenvalue weighted by Gasteiger charge is 2.23. The largest absolute Gasteiger partial charge is 0.348 e. The van der Waals surface area contributed by atoms with Crippen LogP contribution < -0.4 is 10.6 Å². The number of carbonyl (C=O) groups is 1. The van der Waals surface area contributed by atoms with Gasteiger partial charge in [-0.3, -0.25) is 4.79 Å². The lowest BCUT2D eigenvalue weighted by Gasteiger charge is -2.29. The van der Waals surface area contributed by atoms with Gasteiger partial charge in [-0.05, 0) is 31.7 Å². The monoisotopic (exact) mass is 353 g/mol. The molecule has 3 nitrogen and oxygen atoms in total. The summed E-state index contributed by atoms with van der Waals surface area (Å²) in [6.07, 6.45) is 4.92. The molecule has 1 aromatic carbocycles. The van der Waals surface area contributed by atoms with E-state index in [9.17, 15) is 4.79 Å². The number of carbonyl (C=O) groups excluding carboxylic acids is 1. The standard InChI is InChI=1S/C17H25BrN2O/c1-12-7-3-6-10-16(12)20-17(21)11-19-13(2)14-8-4-5-9-15(14)18/h4-5,8-9,12-13,16,19H,3,6-7,10-11H2,1-2H3,(H,20,21)/p+1/t12-,13-,16-/m0/s1. The first-order valence-corrected chi connectivity index (χ1v) is 8.74. The Kier molecular flexibility index (Phi) is 6.24. The molecule has 1 aliphatic rings. The van der Waals surface area contributed by atoms with Crippen LogP contribution in [-0.4, -0.2) is 18.5 Å². The van der Waals surface area contributed by atoms with Crippen LogP contribution in [0.4, 0.5) is 0 Å². The Hall–Kier alpha value is -0.870. The molecule has 0 unspecified atom stereocenters. The summed E-state index contributed by atoms with van der Waals surface area (Å²) in [6.45, 7) is 4.87. The van der Waals surface area contributed by atoms with E-state index in [0.29, 0.717) is 18.5 Å². The third-order valence-corrected chi connectivity index (χ3v) is 5.23. The number of benzene rings is 1. The normalized spacial score (nSPS) is 23.6. The number of hydrogen-bond acceptors (Lipinski definition) is 1. The predicted molar refractivity (Wildman–Crippen MR) is 88.9 cm³/mol. The van der Waals surface area contributed by atoms with Crippen molar-refractivity contribution >= 4 is 21.8 Å². The maximum Gasteiger partial charge on any atom is 0.275 e. The van der Waals surface area contributed by atoms with Gasteiger partial charge in [-0.25, -0.2) is 0 Å². The van der Waals surface area contributed by atoms with Crippen molar-refractivity contribution in [3.05, 3.63) is 34.3 Å². The van der Waals surface area contributed by atoms with Crippen LogP contribution in [0, 0.1) is 5.92 Å². The fraction of sp³-hybridized carbons (Fsp3) is 0.588. The van der Waals surface area contributed by atoms with E-state index >= 15 is 0 Å². The van der Waals surface area contributed by atoms with E-state index in [0.717, 1.165) is 10.9 Å². The molecule has 0 radical (unpaired) electrons. The predicted octanol–water partition coefficient (Wildman–Crippen LogP) is 2.77. The topological polar surface area (TPSA) is 45.7 Å². The quantitative estimate of drug-likeness (QED) is 0.839. The van der Waals surface area contributed by atoms with Crippen LogP contribution in [-0.2, 0) is 4.79 Å². The van der Waals surface area contributed by atoms with Gasteiger partial charge in [0.25, 0.3) is 5.91 Å². The number of halogens is 1. The Balaban J connectivity index is 1.79. The third-order valence-electron chi connectivity index (χ3n) is 4.51. The van der Waals surface area contributed by atoms with Gasteiger partial charge in [-0.15, -0.1) is 0 Å². The van der Waals surface area contributed by atoms with Crippen LogP contribution in [0.2, 0.25) is 0 Å². The molecule has 0 heterocycles. The smallest absolute Gasteiger partial charge is 0.275 e. The molecule has 21 heavy (non-hydrogen) atoms. The van der Waals surface area contributed by atoms with Gasteiger partial charge in [0, 0.05) is 16.1 Å². The Labute approximate surface area is 136 Å².